The molecule has 0 spiro atoms. The van der Waals surface area contributed by atoms with Crippen molar-refractivity contribution in [1.29, 1.82) is 0 Å². The zero-order valence-corrected chi connectivity index (χ0v) is 30.4. The van der Waals surface area contributed by atoms with Gasteiger partial charge in [0, 0.05) is 37.4 Å². The predicted molar refractivity (Wildman–Crippen MR) is 195 cm³/mol. The molecule has 8 rings (SSSR count). The maximum Gasteiger partial charge on any atom is 0.319 e. The fourth-order valence-corrected chi connectivity index (χ4v) is 14.0. The van der Waals surface area contributed by atoms with Crippen molar-refractivity contribution in [3.63, 3.8) is 0 Å². The number of halogens is 2. The van der Waals surface area contributed by atoms with E-state index in [1.54, 1.807) is 6.20 Å². The SMILES string of the molecule is CC(C)(C)[Si](OC[C@@H]1CC[C@]2(COc3nc(N4CC5CCC(C4)N5)c4cnc(Cl)c(F)c4n3)CCCN12)(c1ccccc1)c1ccccc1. The van der Waals surface area contributed by atoms with Crippen molar-refractivity contribution in [3.05, 3.63) is 77.8 Å². The Morgan fingerprint density at radius 3 is 2.29 bits per heavy atom. The first-order valence-corrected chi connectivity index (χ1v) is 20.1. The zero-order valence-electron chi connectivity index (χ0n) is 28.7. The van der Waals surface area contributed by atoms with Gasteiger partial charge in [0.15, 0.2) is 11.0 Å². The van der Waals surface area contributed by atoms with Crippen LogP contribution in [-0.2, 0) is 4.43 Å². The Hall–Kier alpha value is -3.15. The molecule has 4 fully saturated rings. The highest BCUT2D eigenvalue weighted by atomic mass is 35.5. The van der Waals surface area contributed by atoms with Gasteiger partial charge in [-0.25, -0.2) is 9.37 Å². The summed E-state index contributed by atoms with van der Waals surface area (Å²) in [4.78, 5) is 18.5. The van der Waals surface area contributed by atoms with Crippen LogP contribution in [0.15, 0.2) is 66.9 Å². The average molecular weight is 701 g/mol. The molecule has 4 saturated heterocycles. The molecule has 0 amide bonds. The second-order valence-corrected chi connectivity index (χ2v) is 20.1. The topological polar surface area (TPSA) is 75.6 Å². The summed E-state index contributed by atoms with van der Waals surface area (Å²) in [5, 5.41) is 6.56. The number of hydrogen-bond acceptors (Lipinski definition) is 8. The summed E-state index contributed by atoms with van der Waals surface area (Å²) in [5.74, 6) is 0.0399. The Bertz CT molecular complexity index is 1760. The molecule has 0 saturated carbocycles. The highest BCUT2D eigenvalue weighted by molar-refractivity contribution is 6.99. The lowest BCUT2D eigenvalue weighted by atomic mass is 9.95. The molecular weight excluding hydrogens is 655 g/mol. The van der Waals surface area contributed by atoms with Gasteiger partial charge in [0.25, 0.3) is 8.32 Å². The minimum absolute atomic E-state index is 0.0811. The third kappa shape index (κ3) is 5.83. The molecule has 49 heavy (non-hydrogen) atoms. The fourth-order valence-electron chi connectivity index (χ4n) is 9.25. The maximum atomic E-state index is 15.4. The van der Waals surface area contributed by atoms with Gasteiger partial charge in [-0.3, -0.25) is 4.90 Å². The van der Waals surface area contributed by atoms with E-state index in [1.165, 1.54) is 10.4 Å². The van der Waals surface area contributed by atoms with Gasteiger partial charge in [0.1, 0.15) is 17.9 Å². The number of rotatable bonds is 9. The lowest BCUT2D eigenvalue weighted by Gasteiger charge is -2.44. The molecule has 1 N–H and O–H groups in total. The molecule has 2 aromatic carbocycles. The van der Waals surface area contributed by atoms with Crippen molar-refractivity contribution in [2.24, 2.45) is 0 Å². The zero-order chi connectivity index (χ0) is 33.8. The Labute approximate surface area is 294 Å². The van der Waals surface area contributed by atoms with Gasteiger partial charge in [-0.05, 0) is 60.5 Å². The highest BCUT2D eigenvalue weighted by Gasteiger charge is 2.54. The van der Waals surface area contributed by atoms with Crippen molar-refractivity contribution in [1.82, 2.24) is 25.2 Å². The summed E-state index contributed by atoms with van der Waals surface area (Å²) in [7, 11) is -2.66. The van der Waals surface area contributed by atoms with Crippen LogP contribution >= 0.6 is 11.6 Å². The van der Waals surface area contributed by atoms with Crippen LogP contribution in [0.2, 0.25) is 10.2 Å². The van der Waals surface area contributed by atoms with Crippen molar-refractivity contribution in [3.8, 4) is 6.01 Å². The quantitative estimate of drug-likeness (QED) is 0.176. The number of hydrogen-bond donors (Lipinski definition) is 1. The number of pyridine rings is 1. The molecule has 6 heterocycles. The van der Waals surface area contributed by atoms with Crippen LogP contribution in [0.5, 0.6) is 6.01 Å². The predicted octanol–water partition coefficient (Wildman–Crippen LogP) is 5.71. The molecule has 11 heteroatoms. The second-order valence-electron chi connectivity index (χ2n) is 15.5. The molecule has 2 unspecified atom stereocenters. The van der Waals surface area contributed by atoms with E-state index in [-0.39, 0.29) is 33.3 Å². The molecule has 258 valence electrons. The molecule has 2 aromatic heterocycles. The molecule has 0 radical (unpaired) electrons. The lowest BCUT2D eigenvalue weighted by molar-refractivity contribution is 0.0670. The van der Waals surface area contributed by atoms with Gasteiger partial charge < -0.3 is 19.4 Å². The van der Waals surface area contributed by atoms with E-state index in [0.29, 0.717) is 36.5 Å². The number of nitrogens with zero attached hydrogens (tertiary/aromatic N) is 5. The number of fused-ring (bicyclic) bond motifs is 4. The molecule has 4 aliphatic heterocycles. The summed E-state index contributed by atoms with van der Waals surface area (Å²) in [6, 6.07) is 23.0. The Kier molecular flexibility index (Phi) is 8.67. The van der Waals surface area contributed by atoms with E-state index in [1.807, 2.05) is 0 Å². The van der Waals surface area contributed by atoms with E-state index in [2.05, 4.69) is 107 Å². The molecular formula is C38H46ClFN6O2Si. The minimum atomic E-state index is -2.66. The van der Waals surface area contributed by atoms with E-state index in [0.717, 1.165) is 58.2 Å². The van der Waals surface area contributed by atoms with Crippen molar-refractivity contribution >= 4 is 47.0 Å². The summed E-state index contributed by atoms with van der Waals surface area (Å²) in [6.45, 7) is 10.7. The maximum absolute atomic E-state index is 15.4. The van der Waals surface area contributed by atoms with E-state index in [9.17, 15) is 0 Å². The van der Waals surface area contributed by atoms with Crippen LogP contribution in [-0.4, -0.2) is 84.7 Å². The van der Waals surface area contributed by atoms with E-state index >= 15 is 4.39 Å². The largest absolute Gasteiger partial charge is 0.461 e. The second kappa shape index (κ2) is 12.9. The van der Waals surface area contributed by atoms with Crippen LogP contribution in [0.3, 0.4) is 0 Å². The van der Waals surface area contributed by atoms with E-state index < -0.39 is 14.1 Å². The van der Waals surface area contributed by atoms with Crippen LogP contribution < -0.4 is 25.3 Å². The average Bonchev–Trinajstić information content (AvgIpc) is 3.78. The van der Waals surface area contributed by atoms with Gasteiger partial charge >= 0.3 is 6.01 Å². The molecule has 0 aliphatic carbocycles. The van der Waals surface area contributed by atoms with Crippen molar-refractivity contribution in [2.75, 3.05) is 37.7 Å². The van der Waals surface area contributed by atoms with Crippen molar-refractivity contribution in [2.45, 2.75) is 88.0 Å². The molecule has 2 bridgehead atoms. The standard InChI is InChI=1S/C38H46ClFN6O2Si/c1-37(2,3)49(29-11-6-4-7-12-29,30-13-8-5-9-14-30)48-24-28-17-19-38(18-10-20-46(28)38)25-47-36-43-33-31(21-41-34(39)32(33)40)35(44-36)45-22-26-15-16-27(23-45)42-26/h4-9,11-14,21,26-28,42H,10,15-20,22-25H2,1-3H3/t26?,27?,28-,38-/m0/s1. The number of anilines is 1. The van der Waals surface area contributed by atoms with Crippen molar-refractivity contribution < 1.29 is 13.6 Å². The molecule has 8 nitrogen and oxygen atoms in total. The summed E-state index contributed by atoms with van der Waals surface area (Å²) >= 11 is 6.14. The summed E-state index contributed by atoms with van der Waals surface area (Å²) in [6.07, 6.45) is 8.03. The normalized spacial score (nSPS) is 25.7. The van der Waals surface area contributed by atoms with Crippen LogP contribution in [0, 0.1) is 5.82 Å². The number of aromatic nitrogens is 3. The Morgan fingerprint density at radius 2 is 1.63 bits per heavy atom. The van der Waals surface area contributed by atoms with Gasteiger partial charge in [0.2, 0.25) is 0 Å². The molecule has 4 aliphatic rings. The Balaban J connectivity index is 1.05. The molecule has 4 atom stereocenters. The number of nitrogens with one attached hydrogen (secondary N) is 1. The lowest BCUT2D eigenvalue weighted by Crippen LogP contribution is -2.67. The number of piperazine rings is 1. The number of ether oxygens (including phenoxy) is 1. The van der Waals surface area contributed by atoms with Gasteiger partial charge in [-0.2, -0.15) is 9.97 Å². The third-order valence-corrected chi connectivity index (χ3v) is 16.8. The minimum Gasteiger partial charge on any atom is -0.461 e. The van der Waals surface area contributed by atoms with E-state index in [4.69, 9.17) is 25.7 Å². The molecule has 4 aromatic rings. The first-order chi connectivity index (χ1) is 23.7. The van der Waals surface area contributed by atoms with Gasteiger partial charge in [-0.15, -0.1) is 0 Å². The van der Waals surface area contributed by atoms with Crippen LogP contribution in [0.1, 0.15) is 59.3 Å². The van der Waals surface area contributed by atoms with Crippen LogP contribution in [0.25, 0.3) is 10.9 Å². The fraction of sp³-hybridized carbons (Fsp3) is 0.500. The van der Waals surface area contributed by atoms with Gasteiger partial charge in [0.05, 0.1) is 17.5 Å². The van der Waals surface area contributed by atoms with Gasteiger partial charge in [-0.1, -0.05) is 93.0 Å². The highest BCUT2D eigenvalue weighted by Crippen LogP contribution is 2.44. The van der Waals surface area contributed by atoms with Crippen LogP contribution in [0.4, 0.5) is 10.2 Å². The smallest absolute Gasteiger partial charge is 0.319 e. The first-order valence-electron chi connectivity index (χ1n) is 17.8. The first kappa shape index (κ1) is 33.0. The Morgan fingerprint density at radius 1 is 0.959 bits per heavy atom. The third-order valence-electron chi connectivity index (χ3n) is 11.5. The summed E-state index contributed by atoms with van der Waals surface area (Å²) in [5.41, 5.74) is 0.0234. The summed E-state index contributed by atoms with van der Waals surface area (Å²) < 4.78 is 29.3. The number of benzene rings is 2. The monoisotopic (exact) mass is 700 g/mol.